The van der Waals surface area contributed by atoms with Gasteiger partial charge in [-0.25, -0.2) is 18.1 Å². The van der Waals surface area contributed by atoms with Crippen LogP contribution in [-0.4, -0.2) is 43.8 Å². The Hall–Kier alpha value is -4.11. The molecule has 0 unspecified atom stereocenters. The number of thiazole rings is 1. The lowest BCUT2D eigenvalue weighted by Gasteiger charge is -2.07. The van der Waals surface area contributed by atoms with Crippen molar-refractivity contribution in [2.75, 3.05) is 10.0 Å². The summed E-state index contributed by atoms with van der Waals surface area (Å²) in [6.07, 6.45) is 3.04. The molecule has 0 bridgehead atoms. The van der Waals surface area contributed by atoms with Gasteiger partial charge in [0.05, 0.1) is 9.82 Å². The van der Waals surface area contributed by atoms with Crippen molar-refractivity contribution in [1.29, 1.82) is 0 Å². The van der Waals surface area contributed by atoms with Crippen molar-refractivity contribution in [1.82, 2.24) is 24.5 Å². The SMILES string of the molecule is Cc1nn(Cn2ccc(C(=O)Nc3ccc(S(=O)(=O)Nc4nccs4)cc3)n2)c(C)c1[N+](=O)[O-]. The molecule has 0 spiro atoms. The fraction of sp³-hybridized carbons (Fsp3) is 0.158. The maximum Gasteiger partial charge on any atom is 0.312 e. The number of nitrogens with zero attached hydrogens (tertiary/aromatic N) is 6. The normalized spacial score (nSPS) is 11.4. The Bertz CT molecular complexity index is 1460. The molecule has 0 aliphatic rings. The van der Waals surface area contributed by atoms with Gasteiger partial charge in [0.2, 0.25) is 0 Å². The Morgan fingerprint density at radius 3 is 2.53 bits per heavy atom. The molecule has 0 fully saturated rings. The van der Waals surface area contributed by atoms with Crippen molar-refractivity contribution in [2.45, 2.75) is 25.4 Å². The third-order valence-electron chi connectivity index (χ3n) is 4.75. The predicted octanol–water partition coefficient (Wildman–Crippen LogP) is 2.62. The predicted molar refractivity (Wildman–Crippen MR) is 123 cm³/mol. The highest BCUT2D eigenvalue weighted by Gasteiger charge is 2.22. The van der Waals surface area contributed by atoms with Crippen LogP contribution in [0.3, 0.4) is 0 Å². The van der Waals surface area contributed by atoms with Gasteiger partial charge in [0.15, 0.2) is 10.8 Å². The van der Waals surface area contributed by atoms with Crippen molar-refractivity contribution < 1.29 is 18.1 Å². The van der Waals surface area contributed by atoms with Gasteiger partial charge in [-0.05, 0) is 44.2 Å². The lowest BCUT2D eigenvalue weighted by molar-refractivity contribution is -0.386. The van der Waals surface area contributed by atoms with Crippen molar-refractivity contribution in [3.63, 3.8) is 0 Å². The number of carbonyl (C=O) groups excluding carboxylic acids is 1. The van der Waals surface area contributed by atoms with E-state index in [0.29, 0.717) is 17.1 Å². The molecule has 4 aromatic rings. The number of hydrogen-bond acceptors (Lipinski definition) is 9. The van der Waals surface area contributed by atoms with E-state index in [2.05, 4.69) is 25.2 Å². The van der Waals surface area contributed by atoms with Gasteiger partial charge in [0, 0.05) is 23.5 Å². The second-order valence-corrected chi connectivity index (χ2v) is 9.66. The number of amides is 1. The van der Waals surface area contributed by atoms with Crippen LogP contribution < -0.4 is 10.0 Å². The van der Waals surface area contributed by atoms with Gasteiger partial charge in [-0.2, -0.15) is 10.2 Å². The average Bonchev–Trinajstić information content (AvgIpc) is 3.50. The minimum atomic E-state index is -3.80. The third kappa shape index (κ3) is 4.79. The number of nitrogens with one attached hydrogen (secondary N) is 2. The van der Waals surface area contributed by atoms with Crippen LogP contribution in [0.2, 0.25) is 0 Å². The summed E-state index contributed by atoms with van der Waals surface area (Å²) in [5.41, 5.74) is 1.10. The number of aromatic nitrogens is 5. The van der Waals surface area contributed by atoms with Crippen LogP contribution in [0.5, 0.6) is 0 Å². The molecule has 2 N–H and O–H groups in total. The molecule has 1 aromatic carbocycles. The quantitative estimate of drug-likeness (QED) is 0.274. The van der Waals surface area contributed by atoms with Gasteiger partial charge in [-0.3, -0.25) is 24.3 Å². The average molecular weight is 503 g/mol. The second kappa shape index (κ2) is 9.03. The van der Waals surface area contributed by atoms with Gasteiger partial charge in [0.25, 0.3) is 15.9 Å². The molecule has 0 saturated heterocycles. The summed E-state index contributed by atoms with van der Waals surface area (Å²) in [5, 5.41) is 24.1. The summed E-state index contributed by atoms with van der Waals surface area (Å²) in [7, 11) is -3.80. The zero-order valence-electron chi connectivity index (χ0n) is 17.9. The van der Waals surface area contributed by atoms with E-state index in [1.54, 1.807) is 25.4 Å². The fourth-order valence-corrected chi connectivity index (χ4v) is 4.94. The van der Waals surface area contributed by atoms with E-state index in [9.17, 15) is 23.3 Å². The maximum absolute atomic E-state index is 12.6. The Morgan fingerprint density at radius 2 is 1.91 bits per heavy atom. The molecule has 0 aliphatic heterocycles. The van der Waals surface area contributed by atoms with Crippen LogP contribution in [0.15, 0.2) is 53.0 Å². The Labute approximate surface area is 197 Å². The van der Waals surface area contributed by atoms with E-state index in [0.717, 1.165) is 11.3 Å². The number of benzene rings is 1. The largest absolute Gasteiger partial charge is 0.321 e. The third-order valence-corrected chi connectivity index (χ3v) is 6.93. The van der Waals surface area contributed by atoms with Crippen LogP contribution >= 0.6 is 11.3 Å². The van der Waals surface area contributed by atoms with Crippen molar-refractivity contribution in [3.8, 4) is 0 Å². The van der Waals surface area contributed by atoms with Gasteiger partial charge in [-0.1, -0.05) is 0 Å². The van der Waals surface area contributed by atoms with Gasteiger partial charge in [-0.15, -0.1) is 11.3 Å². The number of aryl methyl sites for hydroxylation is 1. The highest BCUT2D eigenvalue weighted by atomic mass is 32.2. The highest BCUT2D eigenvalue weighted by molar-refractivity contribution is 7.93. The first-order chi connectivity index (χ1) is 16.1. The molecule has 0 saturated carbocycles. The Balaban J connectivity index is 1.42. The van der Waals surface area contributed by atoms with E-state index in [-0.39, 0.29) is 28.1 Å². The van der Waals surface area contributed by atoms with Crippen LogP contribution in [0.1, 0.15) is 21.9 Å². The topological polar surface area (TPSA) is 167 Å². The molecular formula is C19H18N8O5S2. The molecule has 13 nitrogen and oxygen atoms in total. The first kappa shape index (κ1) is 23.1. The molecule has 15 heteroatoms. The van der Waals surface area contributed by atoms with Crippen molar-refractivity contribution in [3.05, 3.63) is 75.3 Å². The first-order valence-electron chi connectivity index (χ1n) is 9.69. The Morgan fingerprint density at radius 1 is 1.18 bits per heavy atom. The van der Waals surface area contributed by atoms with Crippen LogP contribution in [-0.2, 0) is 16.7 Å². The summed E-state index contributed by atoms with van der Waals surface area (Å²) in [4.78, 5) is 27.1. The minimum Gasteiger partial charge on any atom is -0.321 e. The Kier molecular flexibility index (Phi) is 6.12. The molecule has 176 valence electrons. The van der Waals surface area contributed by atoms with E-state index < -0.39 is 20.9 Å². The van der Waals surface area contributed by atoms with E-state index in [4.69, 9.17) is 0 Å². The number of rotatable bonds is 8. The molecule has 1 amide bonds. The summed E-state index contributed by atoms with van der Waals surface area (Å²) in [5.74, 6) is -0.505. The molecular weight excluding hydrogens is 484 g/mol. The molecule has 0 aliphatic carbocycles. The van der Waals surface area contributed by atoms with Crippen LogP contribution in [0, 0.1) is 24.0 Å². The zero-order valence-corrected chi connectivity index (χ0v) is 19.5. The number of sulfonamides is 1. The number of nitro groups is 1. The fourth-order valence-electron chi connectivity index (χ4n) is 3.15. The van der Waals surface area contributed by atoms with Crippen LogP contribution in [0.4, 0.5) is 16.5 Å². The van der Waals surface area contributed by atoms with E-state index in [1.807, 2.05) is 0 Å². The standard InChI is InChI=1S/C19H18N8O5S2/c1-12-17(27(29)30)13(2)26(22-12)11-25-9-7-16(23-25)18(28)21-14-3-5-15(6-4-14)34(31,32)24-19-20-8-10-33-19/h3-10H,11H2,1-2H3,(H,20,24)(H,21,28). The van der Waals surface area contributed by atoms with Gasteiger partial charge >= 0.3 is 5.69 Å². The molecule has 34 heavy (non-hydrogen) atoms. The smallest absolute Gasteiger partial charge is 0.312 e. The summed E-state index contributed by atoms with van der Waals surface area (Å²) in [6.45, 7) is 3.23. The monoisotopic (exact) mass is 502 g/mol. The maximum atomic E-state index is 12.6. The molecule has 3 heterocycles. The van der Waals surface area contributed by atoms with Gasteiger partial charge < -0.3 is 5.32 Å². The summed E-state index contributed by atoms with van der Waals surface area (Å²) in [6, 6.07) is 7.13. The molecule has 3 aromatic heterocycles. The molecule has 0 atom stereocenters. The number of anilines is 2. The number of carbonyl (C=O) groups is 1. The number of hydrogen-bond donors (Lipinski definition) is 2. The first-order valence-corrected chi connectivity index (χ1v) is 12.1. The van der Waals surface area contributed by atoms with E-state index in [1.165, 1.54) is 45.9 Å². The summed E-state index contributed by atoms with van der Waals surface area (Å²) < 4.78 is 30.0. The van der Waals surface area contributed by atoms with Crippen molar-refractivity contribution in [2.24, 2.45) is 0 Å². The molecule has 4 rings (SSSR count). The highest BCUT2D eigenvalue weighted by Crippen LogP contribution is 2.22. The van der Waals surface area contributed by atoms with Crippen LogP contribution in [0.25, 0.3) is 0 Å². The molecule has 0 radical (unpaired) electrons. The zero-order chi connectivity index (χ0) is 24.5. The lowest BCUT2D eigenvalue weighted by Crippen LogP contribution is -2.16. The summed E-state index contributed by atoms with van der Waals surface area (Å²) >= 11 is 1.16. The lowest BCUT2D eigenvalue weighted by atomic mass is 10.3. The minimum absolute atomic E-state index is 0.0176. The van der Waals surface area contributed by atoms with E-state index >= 15 is 0 Å². The van der Waals surface area contributed by atoms with Crippen molar-refractivity contribution >= 4 is 43.8 Å². The van der Waals surface area contributed by atoms with Gasteiger partial charge in [0.1, 0.15) is 18.1 Å². The second-order valence-electron chi connectivity index (χ2n) is 7.08.